The van der Waals surface area contributed by atoms with E-state index in [1.165, 1.54) is 135 Å². The van der Waals surface area contributed by atoms with Crippen LogP contribution < -0.4 is 0 Å². The normalized spacial score (nSPS) is 15.2. The van der Waals surface area contributed by atoms with E-state index in [-0.39, 0.29) is 25.7 Å². The maximum Gasteiger partial charge on any atom is 0.472 e. The van der Waals surface area contributed by atoms with Crippen LogP contribution in [0.5, 0.6) is 0 Å². The fourth-order valence-corrected chi connectivity index (χ4v) is 12.2. The number of carbonyl (C=O) groups excluding carboxylic acids is 4. The van der Waals surface area contributed by atoms with E-state index in [1.807, 2.05) is 0 Å². The quantitative estimate of drug-likeness (QED) is 0.0169. The standard InChI is InChI=1S/C74H140O17P2/c1-8-12-13-14-15-16-17-18-19-23-26-29-32-41-48-55-71(76)84-61-70(91-74(79)58-51-44-37-35-40-47-54-67(7)11-4)64-89-93(82,83)87-60-68(75)59-86-92(80,81)88-63-69(62-85-72(77)56-49-42-36-34-39-46-53-66(6)10-3)90-73(78)57-50-43-33-30-27-24-21-20-22-25-28-31-38-45-52-65(5)9-2/h16-19,65-70,75H,8-15,20-64H2,1-7H3,(H,80,81)(H,82,83)/b17-16-,19-18-/t65?,66?,67?,68-,69+,70+/m0/s1. The Labute approximate surface area is 567 Å². The third-order valence-corrected chi connectivity index (χ3v) is 19.5. The summed E-state index contributed by atoms with van der Waals surface area (Å²) in [6, 6.07) is 0. The van der Waals surface area contributed by atoms with Gasteiger partial charge in [-0.25, -0.2) is 9.13 Å². The number of allylic oxidation sites excluding steroid dienone is 4. The molecule has 0 aliphatic heterocycles. The average Bonchev–Trinajstić information content (AvgIpc) is 1.63. The predicted octanol–water partition coefficient (Wildman–Crippen LogP) is 21.0. The first-order valence-corrected chi connectivity index (χ1v) is 40.8. The van der Waals surface area contributed by atoms with Crippen molar-refractivity contribution in [2.75, 3.05) is 39.6 Å². The fraction of sp³-hybridized carbons (Fsp3) is 0.892. The molecule has 0 saturated heterocycles. The molecule has 5 unspecified atom stereocenters. The lowest BCUT2D eigenvalue weighted by Gasteiger charge is -2.21. The number of hydrogen-bond acceptors (Lipinski definition) is 15. The number of carbonyl (C=O) groups is 4. The van der Waals surface area contributed by atoms with E-state index in [2.05, 4.69) is 72.8 Å². The zero-order chi connectivity index (χ0) is 68.7. The molecule has 17 nitrogen and oxygen atoms in total. The van der Waals surface area contributed by atoms with Gasteiger partial charge in [-0.1, -0.05) is 297 Å². The van der Waals surface area contributed by atoms with Crippen molar-refractivity contribution in [3.05, 3.63) is 24.3 Å². The molecule has 0 aromatic carbocycles. The molecule has 0 aliphatic carbocycles. The van der Waals surface area contributed by atoms with Gasteiger partial charge < -0.3 is 33.8 Å². The summed E-state index contributed by atoms with van der Waals surface area (Å²) < 4.78 is 68.4. The highest BCUT2D eigenvalue weighted by Crippen LogP contribution is 2.45. The molecule has 93 heavy (non-hydrogen) atoms. The van der Waals surface area contributed by atoms with Crippen LogP contribution in [-0.4, -0.2) is 96.7 Å². The molecule has 0 amide bonds. The zero-order valence-electron chi connectivity index (χ0n) is 60.2. The molecule has 0 radical (unpaired) electrons. The van der Waals surface area contributed by atoms with E-state index in [0.717, 1.165) is 127 Å². The highest BCUT2D eigenvalue weighted by Gasteiger charge is 2.30. The molecule has 8 atom stereocenters. The summed E-state index contributed by atoms with van der Waals surface area (Å²) >= 11 is 0. The highest BCUT2D eigenvalue weighted by atomic mass is 31.2. The van der Waals surface area contributed by atoms with Gasteiger partial charge in [-0.05, 0) is 69.1 Å². The Morgan fingerprint density at radius 1 is 0.344 bits per heavy atom. The van der Waals surface area contributed by atoms with Crippen LogP contribution in [0.4, 0.5) is 0 Å². The zero-order valence-corrected chi connectivity index (χ0v) is 62.0. The molecule has 0 saturated carbocycles. The van der Waals surface area contributed by atoms with Crippen molar-refractivity contribution < 1.29 is 80.2 Å². The number of esters is 4. The van der Waals surface area contributed by atoms with Crippen molar-refractivity contribution in [3.8, 4) is 0 Å². The second kappa shape index (κ2) is 64.2. The summed E-state index contributed by atoms with van der Waals surface area (Å²) in [5.41, 5.74) is 0. The third kappa shape index (κ3) is 64.0. The number of aliphatic hydroxyl groups excluding tert-OH is 1. The van der Waals surface area contributed by atoms with Crippen LogP contribution in [-0.2, 0) is 65.4 Å². The summed E-state index contributed by atoms with van der Waals surface area (Å²) in [5.74, 6) is 0.134. The van der Waals surface area contributed by atoms with Crippen molar-refractivity contribution in [2.45, 2.75) is 369 Å². The SMILES string of the molecule is CCCCCC/C=C\C=C/CCCCCCCC(=O)OC[C@H](COP(=O)(O)OC[C@@H](O)COP(=O)(O)OC[C@@H](COC(=O)CCCCCCCCC(C)CC)OC(=O)CCCCCCCCCCCCCCCCC(C)CC)OC(=O)CCCCCCCCC(C)CC. The van der Waals surface area contributed by atoms with Crippen LogP contribution in [0, 0.1) is 17.8 Å². The maximum atomic E-state index is 13.0. The number of rotatable bonds is 70. The Morgan fingerprint density at radius 3 is 0.903 bits per heavy atom. The Balaban J connectivity index is 5.25. The molecule has 548 valence electrons. The molecule has 19 heteroatoms. The number of aliphatic hydroxyl groups is 1. The van der Waals surface area contributed by atoms with E-state index < -0.39 is 97.5 Å². The van der Waals surface area contributed by atoms with Gasteiger partial charge in [-0.15, -0.1) is 0 Å². The van der Waals surface area contributed by atoms with Crippen LogP contribution in [0.2, 0.25) is 0 Å². The third-order valence-electron chi connectivity index (χ3n) is 17.6. The molecule has 0 fully saturated rings. The predicted molar refractivity (Wildman–Crippen MR) is 377 cm³/mol. The lowest BCUT2D eigenvalue weighted by atomic mass is 9.99. The Hall–Kier alpha value is -2.46. The largest absolute Gasteiger partial charge is 0.472 e. The van der Waals surface area contributed by atoms with Gasteiger partial charge in [0.05, 0.1) is 26.4 Å². The topological polar surface area (TPSA) is 237 Å². The molecular weight excluding hydrogens is 1220 g/mol. The Morgan fingerprint density at radius 2 is 0.602 bits per heavy atom. The van der Waals surface area contributed by atoms with Crippen molar-refractivity contribution in [1.29, 1.82) is 0 Å². The van der Waals surface area contributed by atoms with E-state index in [0.29, 0.717) is 31.6 Å². The first-order valence-electron chi connectivity index (χ1n) is 37.8. The van der Waals surface area contributed by atoms with Crippen LogP contribution in [0.15, 0.2) is 24.3 Å². The minimum atomic E-state index is -4.96. The molecule has 0 aromatic rings. The van der Waals surface area contributed by atoms with Crippen LogP contribution in [0.3, 0.4) is 0 Å². The van der Waals surface area contributed by atoms with E-state index in [9.17, 15) is 43.2 Å². The molecule has 0 rings (SSSR count). The number of ether oxygens (including phenoxy) is 4. The van der Waals surface area contributed by atoms with Crippen molar-refractivity contribution in [3.63, 3.8) is 0 Å². The summed E-state index contributed by atoms with van der Waals surface area (Å²) in [5, 5.41) is 10.6. The first-order chi connectivity index (χ1) is 44.8. The Bertz CT molecular complexity index is 1920. The molecule has 0 heterocycles. The molecule has 0 bridgehead atoms. The van der Waals surface area contributed by atoms with Crippen molar-refractivity contribution in [2.24, 2.45) is 17.8 Å². The number of hydrogen-bond donors (Lipinski definition) is 3. The van der Waals surface area contributed by atoms with Crippen molar-refractivity contribution in [1.82, 2.24) is 0 Å². The summed E-state index contributed by atoms with van der Waals surface area (Å²) in [4.78, 5) is 72.6. The number of phosphoric acid groups is 2. The number of phosphoric ester groups is 2. The second-order valence-electron chi connectivity index (χ2n) is 26.7. The van der Waals surface area contributed by atoms with Crippen molar-refractivity contribution >= 4 is 39.5 Å². The first kappa shape index (κ1) is 90.5. The van der Waals surface area contributed by atoms with Gasteiger partial charge in [-0.2, -0.15) is 0 Å². The van der Waals surface area contributed by atoms with E-state index in [4.69, 9.17) is 37.0 Å². The van der Waals surface area contributed by atoms with Gasteiger partial charge in [-0.3, -0.25) is 37.3 Å². The lowest BCUT2D eigenvalue weighted by molar-refractivity contribution is -0.161. The fourth-order valence-electron chi connectivity index (χ4n) is 10.6. The maximum absolute atomic E-state index is 13.0. The summed E-state index contributed by atoms with van der Waals surface area (Å²) in [6.07, 6.45) is 52.2. The molecule has 3 N–H and O–H groups in total. The highest BCUT2D eigenvalue weighted by molar-refractivity contribution is 7.47. The van der Waals surface area contributed by atoms with E-state index >= 15 is 0 Å². The molecular formula is C74H140O17P2. The second-order valence-corrected chi connectivity index (χ2v) is 29.6. The van der Waals surface area contributed by atoms with Gasteiger partial charge in [0.1, 0.15) is 19.3 Å². The summed E-state index contributed by atoms with van der Waals surface area (Å²) in [6.45, 7) is 11.8. The van der Waals surface area contributed by atoms with Gasteiger partial charge in [0.15, 0.2) is 12.2 Å². The lowest BCUT2D eigenvalue weighted by Crippen LogP contribution is -2.30. The van der Waals surface area contributed by atoms with Gasteiger partial charge >= 0.3 is 39.5 Å². The van der Waals surface area contributed by atoms with Crippen LogP contribution in [0.25, 0.3) is 0 Å². The minimum absolute atomic E-state index is 0.0958. The Kier molecular flexibility index (Phi) is 62.5. The van der Waals surface area contributed by atoms with E-state index in [1.54, 1.807) is 0 Å². The minimum Gasteiger partial charge on any atom is -0.462 e. The van der Waals surface area contributed by atoms with Crippen LogP contribution in [0.1, 0.15) is 350 Å². The molecule has 0 aromatic heterocycles. The molecule has 0 spiro atoms. The molecule has 0 aliphatic rings. The smallest absolute Gasteiger partial charge is 0.462 e. The average molecular weight is 1360 g/mol. The monoisotopic (exact) mass is 1360 g/mol. The van der Waals surface area contributed by atoms with Crippen LogP contribution >= 0.6 is 15.6 Å². The van der Waals surface area contributed by atoms with Gasteiger partial charge in [0, 0.05) is 25.7 Å². The summed E-state index contributed by atoms with van der Waals surface area (Å²) in [7, 11) is -9.92. The number of unbranched alkanes of at least 4 members (excludes halogenated alkanes) is 32. The van der Waals surface area contributed by atoms with Gasteiger partial charge in [0.25, 0.3) is 0 Å². The van der Waals surface area contributed by atoms with Gasteiger partial charge in [0.2, 0.25) is 0 Å².